The molecule has 1 amide bonds. The first-order valence-corrected chi connectivity index (χ1v) is 8.75. The van der Waals surface area contributed by atoms with Gasteiger partial charge in [0.25, 0.3) is 5.91 Å². The van der Waals surface area contributed by atoms with Crippen molar-refractivity contribution in [3.8, 4) is 6.07 Å². The molecule has 1 aliphatic rings. The quantitative estimate of drug-likeness (QED) is 0.655. The third-order valence-corrected chi connectivity index (χ3v) is 4.67. The molecule has 30 heavy (non-hydrogen) atoms. The van der Waals surface area contributed by atoms with E-state index in [-0.39, 0.29) is 22.5 Å². The zero-order chi connectivity index (χ0) is 22.1. The summed E-state index contributed by atoms with van der Waals surface area (Å²) in [7, 11) is 0. The number of carbonyl (C=O) groups is 1. The van der Waals surface area contributed by atoms with Gasteiger partial charge < -0.3 is 10.1 Å². The van der Waals surface area contributed by atoms with Crippen LogP contribution >= 0.6 is 0 Å². The maximum absolute atomic E-state index is 14.5. The molecule has 3 rings (SSSR count). The van der Waals surface area contributed by atoms with Gasteiger partial charge in [0, 0.05) is 29.4 Å². The van der Waals surface area contributed by atoms with Gasteiger partial charge in [-0.2, -0.15) is 18.4 Å². The van der Waals surface area contributed by atoms with Crippen LogP contribution in [-0.4, -0.2) is 29.5 Å². The van der Waals surface area contributed by atoms with Gasteiger partial charge in [0.15, 0.2) is 12.5 Å². The van der Waals surface area contributed by atoms with E-state index in [1.807, 2.05) is 6.07 Å². The minimum atomic E-state index is -4.68. The molecule has 7 nitrogen and oxygen atoms in total. The van der Waals surface area contributed by atoms with Gasteiger partial charge in [-0.3, -0.25) is 15.8 Å². The Bertz CT molecular complexity index is 990. The summed E-state index contributed by atoms with van der Waals surface area (Å²) in [5.41, 5.74) is 4.36. The molecular weight excluding hydrogens is 406 g/mol. The Morgan fingerprint density at radius 3 is 2.73 bits per heavy atom. The fraction of sp³-hybridized carbons (Fsp3) is 0.316. The number of nitrogens with one attached hydrogen (secondary N) is 2. The van der Waals surface area contributed by atoms with Gasteiger partial charge in [-0.1, -0.05) is 0 Å². The van der Waals surface area contributed by atoms with Gasteiger partial charge >= 0.3 is 6.18 Å². The summed E-state index contributed by atoms with van der Waals surface area (Å²) in [4.78, 5) is 16.2. The highest BCUT2D eigenvalue weighted by molar-refractivity contribution is 6.02. The number of nitriles is 1. The number of benzene rings is 1. The van der Waals surface area contributed by atoms with Crippen LogP contribution in [0.5, 0.6) is 0 Å². The van der Waals surface area contributed by atoms with Crippen LogP contribution < -0.4 is 16.4 Å². The Morgan fingerprint density at radius 2 is 2.13 bits per heavy atom. The van der Waals surface area contributed by atoms with Crippen molar-refractivity contribution < 1.29 is 27.1 Å². The van der Waals surface area contributed by atoms with Gasteiger partial charge in [0.1, 0.15) is 17.6 Å². The normalized spacial score (nSPS) is 24.2. The van der Waals surface area contributed by atoms with Crippen LogP contribution in [0, 0.1) is 17.1 Å². The number of ether oxygens (including phenoxy) is 1. The predicted octanol–water partition coefficient (Wildman–Crippen LogP) is 2.74. The van der Waals surface area contributed by atoms with E-state index in [0.717, 1.165) is 6.07 Å². The van der Waals surface area contributed by atoms with Gasteiger partial charge in [-0.25, -0.2) is 9.37 Å². The van der Waals surface area contributed by atoms with E-state index in [2.05, 4.69) is 15.6 Å². The van der Waals surface area contributed by atoms with Crippen LogP contribution in [-0.2, 0) is 10.3 Å². The molecule has 4 N–H and O–H groups in total. The number of pyridine rings is 1. The van der Waals surface area contributed by atoms with Crippen molar-refractivity contribution in [3.05, 3.63) is 59.2 Å². The Hall–Kier alpha value is -3.07. The average Bonchev–Trinajstić information content (AvgIpc) is 2.68. The molecular formula is C19H17F4N5O2. The van der Waals surface area contributed by atoms with E-state index in [0.29, 0.717) is 0 Å². The Labute approximate surface area is 168 Å². The number of aromatic nitrogens is 1. The van der Waals surface area contributed by atoms with E-state index in [4.69, 9.17) is 15.7 Å². The summed E-state index contributed by atoms with van der Waals surface area (Å²) in [6, 6.07) is 8.15. The molecule has 1 saturated heterocycles. The summed E-state index contributed by atoms with van der Waals surface area (Å²) in [6.45, 7) is 1.38. The third kappa shape index (κ3) is 4.56. The summed E-state index contributed by atoms with van der Waals surface area (Å²) < 4.78 is 58.8. The summed E-state index contributed by atoms with van der Waals surface area (Å²) in [6.07, 6.45) is -7.72. The van der Waals surface area contributed by atoms with Crippen molar-refractivity contribution in [2.75, 3.05) is 5.32 Å². The minimum Gasteiger partial charge on any atom is -0.337 e. The van der Waals surface area contributed by atoms with Crippen LogP contribution in [0.4, 0.5) is 23.2 Å². The predicted molar refractivity (Wildman–Crippen MR) is 97.3 cm³/mol. The first-order valence-electron chi connectivity index (χ1n) is 8.75. The molecule has 0 aliphatic carbocycles. The molecule has 2 aromatic rings. The largest absolute Gasteiger partial charge is 0.414 e. The summed E-state index contributed by atoms with van der Waals surface area (Å²) >= 11 is 0. The lowest BCUT2D eigenvalue weighted by molar-refractivity contribution is -0.260. The SMILES string of the molecule is C[C@@]1(c2cc(NC(=O)c3ccc(C#N)cn3)ccc2F)C[C@@H](C(F)(F)F)OC(N)N1. The number of hydrogen-bond acceptors (Lipinski definition) is 6. The zero-order valence-corrected chi connectivity index (χ0v) is 15.6. The molecule has 1 aromatic heterocycles. The first-order chi connectivity index (χ1) is 14.0. The van der Waals surface area contributed by atoms with Crippen molar-refractivity contribution in [2.45, 2.75) is 37.5 Å². The number of amides is 1. The zero-order valence-electron chi connectivity index (χ0n) is 15.6. The van der Waals surface area contributed by atoms with Crippen LogP contribution in [0.3, 0.4) is 0 Å². The van der Waals surface area contributed by atoms with E-state index in [9.17, 15) is 22.4 Å². The number of nitrogens with two attached hydrogens (primary N) is 1. The standard InChI is InChI=1S/C19H17F4N5O2/c1-18(7-15(19(21,22)23)30-17(25)28-18)12-6-11(3-4-13(12)20)27-16(29)14-5-2-10(8-24)9-26-14/h2-6,9,15,17,28H,7,25H2,1H3,(H,27,29)/t15-,17?,18-/m0/s1. The Balaban J connectivity index is 1.87. The monoisotopic (exact) mass is 423 g/mol. The number of carbonyl (C=O) groups excluding carboxylic acids is 1. The lowest BCUT2D eigenvalue weighted by Crippen LogP contribution is -2.61. The summed E-state index contributed by atoms with van der Waals surface area (Å²) in [5.74, 6) is -1.40. The lowest BCUT2D eigenvalue weighted by atomic mass is 9.84. The van der Waals surface area contributed by atoms with Crippen LogP contribution in [0.15, 0.2) is 36.5 Å². The average molecular weight is 423 g/mol. The van der Waals surface area contributed by atoms with Crippen LogP contribution in [0.25, 0.3) is 0 Å². The highest BCUT2D eigenvalue weighted by Crippen LogP contribution is 2.39. The van der Waals surface area contributed by atoms with Crippen molar-refractivity contribution in [3.63, 3.8) is 0 Å². The van der Waals surface area contributed by atoms with Gasteiger partial charge in [-0.15, -0.1) is 0 Å². The highest BCUT2D eigenvalue weighted by atomic mass is 19.4. The molecule has 0 bridgehead atoms. The molecule has 1 unspecified atom stereocenters. The van der Waals surface area contributed by atoms with E-state index >= 15 is 0 Å². The second-order valence-electron chi connectivity index (χ2n) is 6.96. The van der Waals surface area contributed by atoms with Crippen molar-refractivity contribution >= 4 is 11.6 Å². The van der Waals surface area contributed by atoms with E-state index in [1.54, 1.807) is 0 Å². The van der Waals surface area contributed by atoms with Crippen molar-refractivity contribution in [1.29, 1.82) is 5.26 Å². The van der Waals surface area contributed by atoms with Gasteiger partial charge in [0.2, 0.25) is 0 Å². The molecule has 158 valence electrons. The van der Waals surface area contributed by atoms with Crippen LogP contribution in [0.2, 0.25) is 0 Å². The second-order valence-corrected chi connectivity index (χ2v) is 6.96. The maximum Gasteiger partial charge on any atom is 0.414 e. The third-order valence-electron chi connectivity index (χ3n) is 4.67. The smallest absolute Gasteiger partial charge is 0.337 e. The molecule has 11 heteroatoms. The van der Waals surface area contributed by atoms with E-state index < -0.39 is 42.3 Å². The lowest BCUT2D eigenvalue weighted by Gasteiger charge is -2.43. The Kier molecular flexibility index (Phi) is 5.76. The van der Waals surface area contributed by atoms with E-state index in [1.165, 1.54) is 37.4 Å². The second kappa shape index (κ2) is 7.98. The number of halogens is 4. The fourth-order valence-electron chi connectivity index (χ4n) is 3.20. The highest BCUT2D eigenvalue weighted by Gasteiger charge is 2.50. The number of alkyl halides is 3. The molecule has 0 radical (unpaired) electrons. The molecule has 1 aliphatic heterocycles. The molecule has 0 saturated carbocycles. The summed E-state index contributed by atoms with van der Waals surface area (Å²) in [5, 5.41) is 13.9. The molecule has 3 atom stereocenters. The van der Waals surface area contributed by atoms with Gasteiger partial charge in [-0.05, 0) is 37.3 Å². The van der Waals surface area contributed by atoms with Crippen molar-refractivity contribution in [1.82, 2.24) is 10.3 Å². The van der Waals surface area contributed by atoms with Crippen molar-refractivity contribution in [2.24, 2.45) is 5.73 Å². The first kappa shape index (κ1) is 21.6. The molecule has 1 fully saturated rings. The molecule has 2 heterocycles. The minimum absolute atomic E-state index is 0.00874. The molecule has 1 aromatic carbocycles. The number of anilines is 1. The maximum atomic E-state index is 14.5. The number of nitrogens with zero attached hydrogens (tertiary/aromatic N) is 2. The number of hydrogen-bond donors (Lipinski definition) is 3. The number of rotatable bonds is 3. The van der Waals surface area contributed by atoms with Crippen LogP contribution in [0.1, 0.15) is 35.0 Å². The molecule has 0 spiro atoms. The fourth-order valence-corrected chi connectivity index (χ4v) is 3.20. The Morgan fingerprint density at radius 1 is 1.40 bits per heavy atom. The van der Waals surface area contributed by atoms with Gasteiger partial charge in [0.05, 0.1) is 5.56 Å². The topological polar surface area (TPSA) is 113 Å².